The Kier molecular flexibility index (Phi) is 8.57. The minimum Gasteiger partial charge on any atom is -0.349 e. The molecule has 0 saturated carbocycles. The number of hydrogen-bond acceptors (Lipinski definition) is 4. The molecule has 2 heterocycles. The summed E-state index contributed by atoms with van der Waals surface area (Å²) in [4.78, 5) is 57.1. The third-order valence-corrected chi connectivity index (χ3v) is 8.87. The molecule has 3 aliphatic rings. The zero-order chi connectivity index (χ0) is 28.5. The second kappa shape index (κ2) is 11.6. The van der Waals surface area contributed by atoms with Crippen LogP contribution in [0.5, 0.6) is 0 Å². The fraction of sp³-hybridized carbons (Fsp3) is 0.667. The molecule has 214 valence electrons. The number of rotatable bonds is 6. The molecule has 6 atom stereocenters. The fourth-order valence-electron chi connectivity index (χ4n) is 6.42. The van der Waals surface area contributed by atoms with E-state index in [2.05, 4.69) is 28.1 Å². The second-order valence-corrected chi connectivity index (χ2v) is 12.5. The van der Waals surface area contributed by atoms with Crippen LogP contribution in [0, 0.1) is 17.3 Å². The Morgan fingerprint density at radius 2 is 1.79 bits per heavy atom. The van der Waals surface area contributed by atoms with Gasteiger partial charge in [-0.25, -0.2) is 4.79 Å². The van der Waals surface area contributed by atoms with Crippen molar-refractivity contribution in [3.63, 3.8) is 0 Å². The van der Waals surface area contributed by atoms with Crippen LogP contribution in [-0.2, 0) is 20.8 Å². The SMILES string of the molecule is CC[C@@H](C)C(=O)N[C@H](C(=O)N1CC[C@@H]2[C@H]1[C@@H](C(=O)N[C@@H]1CCCc3ccccc31)CN2C(=O)NC)C(C)(C)C. The van der Waals surface area contributed by atoms with Crippen molar-refractivity contribution in [3.05, 3.63) is 35.4 Å². The maximum atomic E-state index is 14.1. The molecule has 2 fully saturated rings. The summed E-state index contributed by atoms with van der Waals surface area (Å²) in [5.41, 5.74) is 1.88. The standard InChI is InChI=1S/C30H45N5O4/c1-7-18(2)26(36)33-25(30(3,4)5)28(38)34-16-15-23-24(34)21(17-35(23)29(39)31-6)27(37)32-22-14-10-12-19-11-8-9-13-20(19)22/h8-9,11,13,18,21-25H,7,10,12,14-17H2,1-6H3,(H,31,39)(H,32,37)(H,33,36)/t18-,21+,22-,23-,24-,25-/m1/s1. The largest absolute Gasteiger partial charge is 0.349 e. The average molecular weight is 540 g/mol. The van der Waals surface area contributed by atoms with Gasteiger partial charge in [-0.05, 0) is 48.6 Å². The molecule has 39 heavy (non-hydrogen) atoms. The third-order valence-electron chi connectivity index (χ3n) is 8.87. The summed E-state index contributed by atoms with van der Waals surface area (Å²) in [5, 5.41) is 8.99. The molecular weight excluding hydrogens is 494 g/mol. The number of nitrogens with zero attached hydrogens (tertiary/aromatic N) is 2. The lowest BCUT2D eigenvalue weighted by Gasteiger charge is -2.37. The summed E-state index contributed by atoms with van der Waals surface area (Å²) in [5.74, 6) is -1.23. The van der Waals surface area contributed by atoms with Gasteiger partial charge in [0.2, 0.25) is 17.7 Å². The number of aryl methyl sites for hydroxylation is 1. The number of hydrogen-bond donors (Lipinski definition) is 3. The van der Waals surface area contributed by atoms with Gasteiger partial charge in [-0.3, -0.25) is 14.4 Å². The highest BCUT2D eigenvalue weighted by Crippen LogP contribution is 2.38. The van der Waals surface area contributed by atoms with E-state index >= 15 is 0 Å². The van der Waals surface area contributed by atoms with Crippen LogP contribution in [0.1, 0.15) is 77.5 Å². The molecule has 0 radical (unpaired) electrons. The third kappa shape index (κ3) is 5.77. The van der Waals surface area contributed by atoms with E-state index in [9.17, 15) is 19.2 Å². The Balaban J connectivity index is 1.60. The molecule has 9 nitrogen and oxygen atoms in total. The summed E-state index contributed by atoms with van der Waals surface area (Å²) < 4.78 is 0. The number of amides is 5. The molecule has 4 rings (SSSR count). The lowest BCUT2D eigenvalue weighted by Crippen LogP contribution is -2.58. The average Bonchev–Trinajstić information content (AvgIpc) is 3.51. The van der Waals surface area contributed by atoms with Gasteiger partial charge >= 0.3 is 6.03 Å². The van der Waals surface area contributed by atoms with Crippen molar-refractivity contribution in [1.82, 2.24) is 25.8 Å². The molecule has 2 saturated heterocycles. The van der Waals surface area contributed by atoms with E-state index < -0.39 is 23.4 Å². The number of carbonyl (C=O) groups is 4. The summed E-state index contributed by atoms with van der Waals surface area (Å²) in [6.07, 6.45) is 4.13. The lowest BCUT2D eigenvalue weighted by molar-refractivity contribution is -0.142. The van der Waals surface area contributed by atoms with E-state index in [-0.39, 0.29) is 48.3 Å². The van der Waals surface area contributed by atoms with Gasteiger partial charge in [-0.15, -0.1) is 0 Å². The van der Waals surface area contributed by atoms with E-state index in [1.54, 1.807) is 16.8 Å². The van der Waals surface area contributed by atoms with Crippen molar-refractivity contribution < 1.29 is 19.2 Å². The van der Waals surface area contributed by atoms with Crippen LogP contribution in [0.4, 0.5) is 4.79 Å². The Bertz CT molecular complexity index is 1100. The van der Waals surface area contributed by atoms with Crippen LogP contribution in [0.2, 0.25) is 0 Å². The van der Waals surface area contributed by atoms with Gasteiger partial charge in [0.15, 0.2) is 0 Å². The van der Waals surface area contributed by atoms with Crippen LogP contribution in [-0.4, -0.2) is 71.8 Å². The van der Waals surface area contributed by atoms with E-state index in [0.717, 1.165) is 24.8 Å². The zero-order valence-electron chi connectivity index (χ0n) is 24.3. The van der Waals surface area contributed by atoms with Gasteiger partial charge in [0, 0.05) is 26.1 Å². The number of likely N-dealkylation sites (tertiary alicyclic amines) is 2. The summed E-state index contributed by atoms with van der Waals surface area (Å²) >= 11 is 0. The number of nitrogens with one attached hydrogen (secondary N) is 3. The molecule has 2 aliphatic heterocycles. The number of benzene rings is 1. The van der Waals surface area contributed by atoms with E-state index in [4.69, 9.17) is 0 Å². The lowest BCUT2D eigenvalue weighted by atomic mass is 9.84. The van der Waals surface area contributed by atoms with E-state index in [0.29, 0.717) is 19.4 Å². The van der Waals surface area contributed by atoms with Crippen molar-refractivity contribution in [2.45, 2.75) is 90.9 Å². The quantitative estimate of drug-likeness (QED) is 0.516. The van der Waals surface area contributed by atoms with Crippen LogP contribution >= 0.6 is 0 Å². The molecule has 1 aliphatic carbocycles. The van der Waals surface area contributed by atoms with Gasteiger partial charge in [-0.1, -0.05) is 58.9 Å². The Labute approximate surface area is 232 Å². The van der Waals surface area contributed by atoms with Gasteiger partial charge < -0.3 is 25.8 Å². The predicted octanol–water partition coefficient (Wildman–Crippen LogP) is 3.00. The van der Waals surface area contributed by atoms with Gasteiger partial charge in [0.1, 0.15) is 6.04 Å². The van der Waals surface area contributed by atoms with Crippen molar-refractivity contribution in [2.24, 2.45) is 17.3 Å². The number of carbonyl (C=O) groups excluding carboxylic acids is 4. The van der Waals surface area contributed by atoms with Crippen molar-refractivity contribution in [2.75, 3.05) is 20.1 Å². The van der Waals surface area contributed by atoms with E-state index in [1.807, 2.05) is 46.8 Å². The van der Waals surface area contributed by atoms with Crippen molar-refractivity contribution in [3.8, 4) is 0 Å². The number of fused-ring (bicyclic) bond motifs is 2. The maximum Gasteiger partial charge on any atom is 0.317 e. The summed E-state index contributed by atoms with van der Waals surface area (Å²) in [6.45, 7) is 10.3. The number of urea groups is 1. The minimum absolute atomic E-state index is 0.0855. The van der Waals surface area contributed by atoms with E-state index in [1.165, 1.54) is 5.56 Å². The monoisotopic (exact) mass is 539 g/mol. The van der Waals surface area contributed by atoms with Gasteiger partial charge in [0.05, 0.1) is 24.0 Å². The highest BCUT2D eigenvalue weighted by molar-refractivity contribution is 5.91. The Morgan fingerprint density at radius 1 is 1.08 bits per heavy atom. The molecule has 9 heteroatoms. The topological polar surface area (TPSA) is 111 Å². The first-order valence-corrected chi connectivity index (χ1v) is 14.4. The molecule has 3 N–H and O–H groups in total. The van der Waals surface area contributed by atoms with Crippen LogP contribution in [0.25, 0.3) is 0 Å². The highest BCUT2D eigenvalue weighted by Gasteiger charge is 2.55. The first-order valence-electron chi connectivity index (χ1n) is 14.4. The smallest absolute Gasteiger partial charge is 0.317 e. The molecule has 5 amide bonds. The molecule has 0 unspecified atom stereocenters. The van der Waals surface area contributed by atoms with Crippen LogP contribution < -0.4 is 16.0 Å². The van der Waals surface area contributed by atoms with Crippen LogP contribution in [0.3, 0.4) is 0 Å². The Hall–Kier alpha value is -3.10. The molecule has 0 spiro atoms. The van der Waals surface area contributed by atoms with Crippen molar-refractivity contribution >= 4 is 23.8 Å². The Morgan fingerprint density at radius 3 is 2.46 bits per heavy atom. The molecule has 0 aromatic heterocycles. The normalized spacial score (nSPS) is 25.8. The summed E-state index contributed by atoms with van der Waals surface area (Å²) in [6, 6.07) is 6.46. The van der Waals surface area contributed by atoms with Crippen molar-refractivity contribution in [1.29, 1.82) is 0 Å². The predicted molar refractivity (Wildman–Crippen MR) is 150 cm³/mol. The highest BCUT2D eigenvalue weighted by atomic mass is 16.2. The summed E-state index contributed by atoms with van der Waals surface area (Å²) in [7, 11) is 1.58. The zero-order valence-corrected chi connectivity index (χ0v) is 24.3. The molecule has 1 aromatic rings. The minimum atomic E-state index is -0.735. The first-order chi connectivity index (χ1) is 18.5. The molecule has 0 bridgehead atoms. The fourth-order valence-corrected chi connectivity index (χ4v) is 6.42. The molecular formula is C30H45N5O4. The molecule has 1 aromatic carbocycles. The van der Waals surface area contributed by atoms with Gasteiger partial charge in [0.25, 0.3) is 0 Å². The van der Waals surface area contributed by atoms with Gasteiger partial charge in [-0.2, -0.15) is 0 Å². The first kappa shape index (κ1) is 28.9. The van der Waals surface area contributed by atoms with Crippen LogP contribution in [0.15, 0.2) is 24.3 Å². The maximum absolute atomic E-state index is 14.1. The second-order valence-electron chi connectivity index (χ2n) is 12.5.